The SMILES string of the molecule is CN(CCNC(N)=NCCc1ccccc1)c1ccccc1.I. The number of halogens is 1. The lowest BCUT2D eigenvalue weighted by Gasteiger charge is -2.19. The van der Waals surface area contributed by atoms with Crippen LogP contribution in [0.3, 0.4) is 0 Å². The number of nitrogens with zero attached hydrogens (tertiary/aromatic N) is 2. The number of aliphatic imine (C=N–C) groups is 1. The zero-order chi connectivity index (χ0) is 15.6. The molecule has 23 heavy (non-hydrogen) atoms. The number of anilines is 1. The smallest absolute Gasteiger partial charge is 0.188 e. The molecule has 0 heterocycles. The van der Waals surface area contributed by atoms with Crippen LogP contribution in [-0.4, -0.2) is 32.6 Å². The third-order valence-electron chi connectivity index (χ3n) is 3.48. The minimum absolute atomic E-state index is 0. The molecule has 0 saturated carbocycles. The molecular formula is C18H25IN4. The normalized spacial score (nSPS) is 10.7. The van der Waals surface area contributed by atoms with Crippen LogP contribution in [0.2, 0.25) is 0 Å². The Kier molecular flexibility index (Phi) is 9.12. The molecule has 0 bridgehead atoms. The summed E-state index contributed by atoms with van der Waals surface area (Å²) in [4.78, 5) is 6.54. The molecule has 0 aliphatic heterocycles. The zero-order valence-electron chi connectivity index (χ0n) is 13.5. The van der Waals surface area contributed by atoms with E-state index >= 15 is 0 Å². The fourth-order valence-corrected chi connectivity index (χ4v) is 2.17. The van der Waals surface area contributed by atoms with E-state index in [0.717, 1.165) is 19.5 Å². The molecule has 0 aliphatic rings. The lowest BCUT2D eigenvalue weighted by Crippen LogP contribution is -2.37. The van der Waals surface area contributed by atoms with E-state index in [1.807, 2.05) is 36.4 Å². The molecule has 0 unspecified atom stereocenters. The fourth-order valence-electron chi connectivity index (χ4n) is 2.17. The first-order valence-electron chi connectivity index (χ1n) is 7.59. The maximum Gasteiger partial charge on any atom is 0.188 e. The molecule has 124 valence electrons. The summed E-state index contributed by atoms with van der Waals surface area (Å²) in [5.41, 5.74) is 8.36. The van der Waals surface area contributed by atoms with Gasteiger partial charge in [-0.3, -0.25) is 4.99 Å². The van der Waals surface area contributed by atoms with Crippen molar-refractivity contribution in [3.05, 3.63) is 66.2 Å². The van der Waals surface area contributed by atoms with E-state index in [1.165, 1.54) is 11.3 Å². The second-order valence-electron chi connectivity index (χ2n) is 5.19. The highest BCUT2D eigenvalue weighted by atomic mass is 127. The Morgan fingerprint density at radius 3 is 2.30 bits per heavy atom. The summed E-state index contributed by atoms with van der Waals surface area (Å²) in [6.07, 6.45) is 0.910. The van der Waals surface area contributed by atoms with Crippen LogP contribution in [0.4, 0.5) is 5.69 Å². The van der Waals surface area contributed by atoms with E-state index in [2.05, 4.69) is 46.5 Å². The average molecular weight is 424 g/mol. The van der Waals surface area contributed by atoms with Crippen LogP contribution in [-0.2, 0) is 6.42 Å². The molecule has 2 rings (SSSR count). The predicted octanol–water partition coefficient (Wildman–Crippen LogP) is 2.89. The summed E-state index contributed by atoms with van der Waals surface area (Å²) in [5.74, 6) is 0.511. The van der Waals surface area contributed by atoms with Crippen LogP contribution in [0.25, 0.3) is 0 Å². The van der Waals surface area contributed by atoms with Gasteiger partial charge in [-0.05, 0) is 24.1 Å². The molecule has 2 aromatic carbocycles. The quantitative estimate of drug-likeness (QED) is 0.408. The van der Waals surface area contributed by atoms with E-state index in [4.69, 9.17) is 5.73 Å². The third-order valence-corrected chi connectivity index (χ3v) is 3.48. The van der Waals surface area contributed by atoms with Gasteiger partial charge in [-0.1, -0.05) is 48.5 Å². The highest BCUT2D eigenvalue weighted by molar-refractivity contribution is 14.0. The molecule has 3 N–H and O–H groups in total. The minimum atomic E-state index is 0. The molecule has 4 nitrogen and oxygen atoms in total. The largest absolute Gasteiger partial charge is 0.373 e. The van der Waals surface area contributed by atoms with Gasteiger partial charge in [0, 0.05) is 32.4 Å². The lowest BCUT2D eigenvalue weighted by molar-refractivity contribution is 0.810. The summed E-state index contributed by atoms with van der Waals surface area (Å²) >= 11 is 0. The topological polar surface area (TPSA) is 53.6 Å². The van der Waals surface area contributed by atoms with Crippen molar-refractivity contribution in [1.29, 1.82) is 0 Å². The molecule has 0 aliphatic carbocycles. The molecular weight excluding hydrogens is 399 g/mol. The van der Waals surface area contributed by atoms with Crippen LogP contribution in [0.15, 0.2) is 65.7 Å². The van der Waals surface area contributed by atoms with Gasteiger partial charge in [0.1, 0.15) is 0 Å². The van der Waals surface area contributed by atoms with Crippen molar-refractivity contribution < 1.29 is 0 Å². The first kappa shape index (κ1) is 19.3. The number of para-hydroxylation sites is 1. The fraction of sp³-hybridized carbons (Fsp3) is 0.278. The summed E-state index contributed by atoms with van der Waals surface area (Å²) in [5, 5.41) is 3.16. The van der Waals surface area contributed by atoms with Gasteiger partial charge in [0.15, 0.2) is 5.96 Å². The van der Waals surface area contributed by atoms with Gasteiger partial charge in [0.25, 0.3) is 0 Å². The average Bonchev–Trinajstić information content (AvgIpc) is 2.56. The number of hydrogen-bond donors (Lipinski definition) is 2. The highest BCUT2D eigenvalue weighted by Crippen LogP contribution is 2.09. The second-order valence-corrected chi connectivity index (χ2v) is 5.19. The van der Waals surface area contributed by atoms with Crippen LogP contribution in [0, 0.1) is 0 Å². The monoisotopic (exact) mass is 424 g/mol. The van der Waals surface area contributed by atoms with Crippen molar-refractivity contribution in [2.24, 2.45) is 10.7 Å². The third kappa shape index (κ3) is 7.36. The first-order chi connectivity index (χ1) is 10.8. The van der Waals surface area contributed by atoms with Crippen LogP contribution in [0.5, 0.6) is 0 Å². The number of guanidine groups is 1. The Hall–Kier alpha value is -1.76. The lowest BCUT2D eigenvalue weighted by atomic mass is 10.2. The van der Waals surface area contributed by atoms with Gasteiger partial charge in [0.2, 0.25) is 0 Å². The molecule has 5 heteroatoms. The molecule has 2 aromatic rings. The van der Waals surface area contributed by atoms with Crippen molar-refractivity contribution >= 4 is 35.6 Å². The van der Waals surface area contributed by atoms with Gasteiger partial charge < -0.3 is 16.0 Å². The van der Waals surface area contributed by atoms with E-state index < -0.39 is 0 Å². The van der Waals surface area contributed by atoms with E-state index in [0.29, 0.717) is 12.5 Å². The van der Waals surface area contributed by atoms with Gasteiger partial charge in [0.05, 0.1) is 0 Å². The summed E-state index contributed by atoms with van der Waals surface area (Å²) in [7, 11) is 2.07. The van der Waals surface area contributed by atoms with Gasteiger partial charge in [-0.15, -0.1) is 24.0 Å². The predicted molar refractivity (Wildman–Crippen MR) is 110 cm³/mol. The zero-order valence-corrected chi connectivity index (χ0v) is 15.8. The maximum absolute atomic E-state index is 5.88. The van der Waals surface area contributed by atoms with Crippen molar-refractivity contribution in [3.63, 3.8) is 0 Å². The Bertz CT molecular complexity index is 572. The second kappa shape index (κ2) is 10.9. The van der Waals surface area contributed by atoms with Crippen LogP contribution < -0.4 is 16.0 Å². The van der Waals surface area contributed by atoms with Crippen molar-refractivity contribution in [3.8, 4) is 0 Å². The summed E-state index contributed by atoms with van der Waals surface area (Å²) in [6.45, 7) is 2.35. The van der Waals surface area contributed by atoms with Crippen LogP contribution >= 0.6 is 24.0 Å². The Morgan fingerprint density at radius 1 is 1.04 bits per heavy atom. The molecule has 0 fully saturated rings. The molecule has 0 aromatic heterocycles. The standard InChI is InChI=1S/C18H24N4.HI/c1-22(17-10-6-3-7-11-17)15-14-21-18(19)20-13-12-16-8-4-2-5-9-16;/h2-11H,12-15H2,1H3,(H3,19,20,21);1H. The Balaban J connectivity index is 0.00000264. The van der Waals surface area contributed by atoms with Gasteiger partial charge in [-0.2, -0.15) is 0 Å². The van der Waals surface area contributed by atoms with Crippen LogP contribution in [0.1, 0.15) is 5.56 Å². The highest BCUT2D eigenvalue weighted by Gasteiger charge is 1.99. The molecule has 0 radical (unpaired) electrons. The van der Waals surface area contributed by atoms with Crippen molar-refractivity contribution in [1.82, 2.24) is 5.32 Å². The number of likely N-dealkylation sites (N-methyl/N-ethyl adjacent to an activating group) is 1. The molecule has 0 atom stereocenters. The number of nitrogens with one attached hydrogen (secondary N) is 1. The van der Waals surface area contributed by atoms with Gasteiger partial charge >= 0.3 is 0 Å². The van der Waals surface area contributed by atoms with E-state index in [9.17, 15) is 0 Å². The van der Waals surface area contributed by atoms with Crippen molar-refractivity contribution in [2.45, 2.75) is 6.42 Å². The van der Waals surface area contributed by atoms with Gasteiger partial charge in [-0.25, -0.2) is 0 Å². The van der Waals surface area contributed by atoms with Crippen molar-refractivity contribution in [2.75, 3.05) is 31.6 Å². The Labute approximate surface area is 155 Å². The Morgan fingerprint density at radius 2 is 1.65 bits per heavy atom. The number of benzene rings is 2. The minimum Gasteiger partial charge on any atom is -0.373 e. The summed E-state index contributed by atoms with van der Waals surface area (Å²) < 4.78 is 0. The number of nitrogens with two attached hydrogens (primary N) is 1. The molecule has 0 saturated heterocycles. The first-order valence-corrected chi connectivity index (χ1v) is 7.59. The molecule has 0 amide bonds. The molecule has 0 spiro atoms. The number of hydrogen-bond acceptors (Lipinski definition) is 2. The number of rotatable bonds is 7. The summed E-state index contributed by atoms with van der Waals surface area (Å²) in [6, 6.07) is 20.6. The van der Waals surface area contributed by atoms with E-state index in [1.54, 1.807) is 0 Å². The van der Waals surface area contributed by atoms with E-state index in [-0.39, 0.29) is 24.0 Å². The maximum atomic E-state index is 5.88.